The Balaban J connectivity index is 2.16. The van der Waals surface area contributed by atoms with Crippen LogP contribution in [-0.4, -0.2) is 9.91 Å². The van der Waals surface area contributed by atoms with Crippen LogP contribution >= 0.6 is 31.9 Å². The summed E-state index contributed by atoms with van der Waals surface area (Å²) in [6.07, 6.45) is 1.63. The van der Waals surface area contributed by atoms with Gasteiger partial charge in [0, 0.05) is 26.9 Å². The molecular weight excluding hydrogens is 397 g/mol. The Morgan fingerprint density at radius 2 is 2.05 bits per heavy atom. The van der Waals surface area contributed by atoms with Crippen molar-refractivity contribution in [3.8, 4) is 0 Å². The van der Waals surface area contributed by atoms with Gasteiger partial charge in [0.25, 0.3) is 5.69 Å². The zero-order valence-corrected chi connectivity index (χ0v) is 13.1. The lowest BCUT2D eigenvalue weighted by Gasteiger charge is -2.08. The molecule has 0 aliphatic heterocycles. The van der Waals surface area contributed by atoms with Gasteiger partial charge in [0.1, 0.15) is 5.82 Å². The van der Waals surface area contributed by atoms with Crippen molar-refractivity contribution in [2.45, 2.75) is 6.54 Å². The molecule has 0 fully saturated rings. The lowest BCUT2D eigenvalue weighted by molar-refractivity contribution is -0.385. The van der Waals surface area contributed by atoms with Gasteiger partial charge in [0.15, 0.2) is 0 Å². The topological polar surface area (TPSA) is 68.1 Å². The van der Waals surface area contributed by atoms with Gasteiger partial charge in [-0.15, -0.1) is 0 Å². The van der Waals surface area contributed by atoms with E-state index in [-0.39, 0.29) is 5.69 Å². The number of aromatic nitrogens is 1. The number of rotatable bonds is 4. The van der Waals surface area contributed by atoms with E-state index in [0.29, 0.717) is 17.9 Å². The third kappa shape index (κ3) is 3.73. The van der Waals surface area contributed by atoms with Gasteiger partial charge in [0.2, 0.25) is 0 Å². The average Bonchev–Trinajstić information content (AvgIpc) is 2.37. The maximum atomic E-state index is 13.3. The fraction of sp³-hybridized carbons (Fsp3) is 0.0833. The van der Waals surface area contributed by atoms with Crippen LogP contribution in [0.2, 0.25) is 0 Å². The van der Waals surface area contributed by atoms with Crippen LogP contribution in [0.25, 0.3) is 0 Å². The van der Waals surface area contributed by atoms with Gasteiger partial charge < -0.3 is 5.32 Å². The number of pyridine rings is 1. The Hall–Kier alpha value is -1.54. The summed E-state index contributed by atoms with van der Waals surface area (Å²) in [6, 6.07) is 5.17. The molecule has 1 aromatic carbocycles. The van der Waals surface area contributed by atoms with E-state index in [1.165, 1.54) is 12.1 Å². The largest absolute Gasteiger partial charge is 0.379 e. The van der Waals surface area contributed by atoms with Crippen molar-refractivity contribution < 1.29 is 9.31 Å². The summed E-state index contributed by atoms with van der Waals surface area (Å²) in [4.78, 5) is 14.2. The van der Waals surface area contributed by atoms with E-state index in [1.54, 1.807) is 6.20 Å². The molecule has 0 aliphatic rings. The van der Waals surface area contributed by atoms with Gasteiger partial charge >= 0.3 is 0 Å². The van der Waals surface area contributed by atoms with E-state index in [1.807, 2.05) is 6.07 Å². The lowest BCUT2D eigenvalue weighted by atomic mass is 10.2. The van der Waals surface area contributed by atoms with Crippen LogP contribution in [-0.2, 0) is 6.54 Å². The zero-order chi connectivity index (χ0) is 14.7. The molecule has 20 heavy (non-hydrogen) atoms. The van der Waals surface area contributed by atoms with Gasteiger partial charge in [-0.05, 0) is 44.0 Å². The highest BCUT2D eigenvalue weighted by Crippen LogP contribution is 2.23. The number of nitro groups is 1. The molecule has 0 atom stereocenters. The molecule has 5 nitrogen and oxygen atoms in total. The number of nitrogens with one attached hydrogen (secondary N) is 1. The first-order valence-corrected chi connectivity index (χ1v) is 7.03. The zero-order valence-electron chi connectivity index (χ0n) is 9.94. The third-order valence-electron chi connectivity index (χ3n) is 2.44. The lowest BCUT2D eigenvalue weighted by Crippen LogP contribution is -2.03. The Morgan fingerprint density at radius 1 is 1.30 bits per heavy atom. The molecule has 0 radical (unpaired) electrons. The minimum Gasteiger partial charge on any atom is -0.379 e. The molecule has 104 valence electrons. The van der Waals surface area contributed by atoms with Crippen molar-refractivity contribution in [2.24, 2.45) is 0 Å². The molecule has 8 heteroatoms. The molecule has 0 amide bonds. The van der Waals surface area contributed by atoms with Gasteiger partial charge in [-0.25, -0.2) is 4.39 Å². The third-order valence-corrected chi connectivity index (χ3v) is 3.56. The van der Waals surface area contributed by atoms with E-state index in [0.717, 1.165) is 15.0 Å². The maximum absolute atomic E-state index is 13.3. The minimum absolute atomic E-state index is 0.296. The molecule has 0 bridgehead atoms. The molecular formula is C12H8Br2FN3O2. The SMILES string of the molecule is O=[N+]([O-])c1cc(F)cc(NCc2ncc(Br)cc2Br)c1. The summed E-state index contributed by atoms with van der Waals surface area (Å²) in [5.41, 5.74) is 0.740. The average molecular weight is 405 g/mol. The minimum atomic E-state index is -0.662. The Morgan fingerprint density at radius 3 is 2.70 bits per heavy atom. The first-order chi connectivity index (χ1) is 9.45. The van der Waals surface area contributed by atoms with Crippen molar-refractivity contribution in [3.63, 3.8) is 0 Å². The number of non-ortho nitro benzene ring substituents is 1. The first-order valence-electron chi connectivity index (χ1n) is 5.44. The van der Waals surface area contributed by atoms with Crippen molar-refractivity contribution in [3.05, 3.63) is 61.0 Å². The predicted octanol–water partition coefficient (Wildman–Crippen LogP) is 4.27. The molecule has 0 unspecified atom stereocenters. The standard InChI is InChI=1S/C12H8Br2FN3O2/c13-7-1-11(14)12(17-5-7)6-16-9-2-8(15)3-10(4-9)18(19)20/h1-5,16H,6H2. The fourth-order valence-electron chi connectivity index (χ4n) is 1.54. The van der Waals surface area contributed by atoms with Crippen molar-refractivity contribution in [2.75, 3.05) is 5.32 Å². The first kappa shape index (κ1) is 14.9. The van der Waals surface area contributed by atoms with Gasteiger partial charge in [0.05, 0.1) is 23.2 Å². The van der Waals surface area contributed by atoms with Crippen LogP contribution in [0.1, 0.15) is 5.69 Å². The highest BCUT2D eigenvalue weighted by atomic mass is 79.9. The highest BCUT2D eigenvalue weighted by Gasteiger charge is 2.10. The van der Waals surface area contributed by atoms with E-state index in [2.05, 4.69) is 42.2 Å². The van der Waals surface area contributed by atoms with Crippen molar-refractivity contribution in [1.29, 1.82) is 0 Å². The molecule has 0 aliphatic carbocycles. The van der Waals surface area contributed by atoms with E-state index >= 15 is 0 Å². The number of hydrogen-bond acceptors (Lipinski definition) is 4. The molecule has 2 rings (SSSR count). The highest BCUT2D eigenvalue weighted by molar-refractivity contribution is 9.11. The maximum Gasteiger partial charge on any atom is 0.274 e. The number of hydrogen-bond donors (Lipinski definition) is 1. The molecule has 0 saturated heterocycles. The Labute approximate surface area is 130 Å². The number of anilines is 1. The summed E-state index contributed by atoms with van der Waals surface area (Å²) in [6.45, 7) is 0.314. The smallest absolute Gasteiger partial charge is 0.274 e. The van der Waals surface area contributed by atoms with E-state index in [4.69, 9.17) is 0 Å². The van der Waals surface area contributed by atoms with E-state index in [9.17, 15) is 14.5 Å². The van der Waals surface area contributed by atoms with Crippen LogP contribution < -0.4 is 5.32 Å². The molecule has 1 aromatic heterocycles. The monoisotopic (exact) mass is 403 g/mol. The quantitative estimate of drug-likeness (QED) is 0.610. The van der Waals surface area contributed by atoms with Gasteiger partial charge in [-0.1, -0.05) is 0 Å². The number of benzene rings is 1. The van der Waals surface area contributed by atoms with Crippen LogP contribution in [0.4, 0.5) is 15.8 Å². The summed E-state index contributed by atoms with van der Waals surface area (Å²) in [5.74, 6) is -0.662. The summed E-state index contributed by atoms with van der Waals surface area (Å²) >= 11 is 6.65. The van der Waals surface area contributed by atoms with Crippen LogP contribution in [0.5, 0.6) is 0 Å². The van der Waals surface area contributed by atoms with Crippen molar-refractivity contribution >= 4 is 43.2 Å². The van der Waals surface area contributed by atoms with Gasteiger partial charge in [-0.2, -0.15) is 0 Å². The van der Waals surface area contributed by atoms with Gasteiger partial charge in [-0.3, -0.25) is 15.1 Å². The predicted molar refractivity (Wildman–Crippen MR) is 80.0 cm³/mol. The molecule has 0 spiro atoms. The number of halogens is 3. The second-order valence-corrected chi connectivity index (χ2v) is 5.66. The van der Waals surface area contributed by atoms with Crippen LogP contribution in [0, 0.1) is 15.9 Å². The number of nitrogens with zero attached hydrogens (tertiary/aromatic N) is 2. The van der Waals surface area contributed by atoms with Crippen molar-refractivity contribution in [1.82, 2.24) is 4.98 Å². The molecule has 1 N–H and O–H groups in total. The molecule has 2 aromatic rings. The number of nitro benzene ring substituents is 1. The summed E-state index contributed by atoms with van der Waals surface area (Å²) in [5, 5.41) is 13.6. The second-order valence-electron chi connectivity index (χ2n) is 3.89. The van der Waals surface area contributed by atoms with Crippen LogP contribution in [0.3, 0.4) is 0 Å². The second kappa shape index (κ2) is 6.27. The summed E-state index contributed by atoms with van der Waals surface area (Å²) < 4.78 is 14.9. The normalized spacial score (nSPS) is 10.3. The Bertz CT molecular complexity index is 667. The molecule has 1 heterocycles. The Kier molecular flexibility index (Phi) is 4.66. The van der Waals surface area contributed by atoms with Crippen LogP contribution in [0.15, 0.2) is 39.4 Å². The van der Waals surface area contributed by atoms with E-state index < -0.39 is 10.7 Å². The fourth-order valence-corrected chi connectivity index (χ4v) is 2.67. The summed E-state index contributed by atoms with van der Waals surface area (Å²) in [7, 11) is 0. The molecule has 0 saturated carbocycles.